The van der Waals surface area contributed by atoms with Crippen molar-refractivity contribution in [3.05, 3.63) is 89.0 Å². The van der Waals surface area contributed by atoms with Crippen LogP contribution in [0.3, 0.4) is 0 Å². The fourth-order valence-electron chi connectivity index (χ4n) is 4.04. The first-order valence-corrected chi connectivity index (χ1v) is 15.4. The second kappa shape index (κ2) is 14.0. The van der Waals surface area contributed by atoms with Crippen molar-refractivity contribution >= 4 is 59.7 Å². The molecule has 4 amide bonds. The van der Waals surface area contributed by atoms with Crippen molar-refractivity contribution < 1.29 is 34.7 Å². The van der Waals surface area contributed by atoms with Crippen molar-refractivity contribution in [3.63, 3.8) is 0 Å². The van der Waals surface area contributed by atoms with Gasteiger partial charge < -0.3 is 9.47 Å². The van der Waals surface area contributed by atoms with Gasteiger partial charge in [-0.3, -0.25) is 9.59 Å². The first kappa shape index (κ1) is 32.9. The molecule has 12 heteroatoms. The Bertz CT molecular complexity index is 1350. The summed E-state index contributed by atoms with van der Waals surface area (Å²) in [5.41, 5.74) is -0.843. The van der Waals surface area contributed by atoms with E-state index in [1.807, 2.05) is 0 Å². The summed E-state index contributed by atoms with van der Waals surface area (Å²) in [7, 11) is 3.12. The number of benzene rings is 2. The molecule has 2 aliphatic rings. The number of fused-ring (bicyclic) bond motifs is 1. The van der Waals surface area contributed by atoms with Crippen molar-refractivity contribution in [2.24, 2.45) is 0 Å². The molecule has 42 heavy (non-hydrogen) atoms. The summed E-state index contributed by atoms with van der Waals surface area (Å²) in [5, 5.41) is 0. The average molecular weight is 610 g/mol. The number of carbonyl (C=O) groups is 4. The van der Waals surface area contributed by atoms with Gasteiger partial charge in [0, 0.05) is 0 Å². The summed E-state index contributed by atoms with van der Waals surface area (Å²) >= 11 is 0. The van der Waals surface area contributed by atoms with Crippen molar-refractivity contribution in [2.45, 2.75) is 60.2 Å². The molecule has 222 valence electrons. The third-order valence-corrected chi connectivity index (χ3v) is 6.18. The van der Waals surface area contributed by atoms with Gasteiger partial charge >= 0.3 is 48.6 Å². The maximum atomic E-state index is 13.9. The summed E-state index contributed by atoms with van der Waals surface area (Å²) in [6.45, 7) is 10.1. The molecule has 0 spiro atoms. The molecule has 2 aromatic carbocycles. The summed E-state index contributed by atoms with van der Waals surface area (Å²) in [6.07, 6.45) is -1.82. The molecule has 0 N–H and O–H groups in total. The normalized spacial score (nSPS) is 15.1. The Morgan fingerprint density at radius 2 is 1.12 bits per heavy atom. The van der Waals surface area contributed by atoms with E-state index in [-0.39, 0.29) is 44.3 Å². The first-order valence-electron chi connectivity index (χ1n) is 13.1. The van der Waals surface area contributed by atoms with Crippen LogP contribution in [0.15, 0.2) is 71.8 Å². The molecule has 2 aliphatic heterocycles. The van der Waals surface area contributed by atoms with Crippen LogP contribution in [0.4, 0.5) is 9.59 Å². The van der Waals surface area contributed by atoms with Gasteiger partial charge in [-0.05, 0) is 52.7 Å². The van der Waals surface area contributed by atoms with Crippen molar-refractivity contribution in [3.8, 4) is 0 Å². The van der Waals surface area contributed by atoms with E-state index < -0.39 is 35.2 Å². The van der Waals surface area contributed by atoms with Gasteiger partial charge in [0.05, 0.1) is 22.5 Å². The molecule has 4 rings (SSSR count). The van der Waals surface area contributed by atoms with Gasteiger partial charge in [-0.15, -0.1) is 0 Å². The second-order valence-electron chi connectivity index (χ2n) is 10.8. The molecule has 2 unspecified atom stereocenters. The van der Waals surface area contributed by atoms with Gasteiger partial charge in [0.2, 0.25) is 0 Å². The Morgan fingerprint density at radius 1 is 0.786 bits per heavy atom. The van der Waals surface area contributed by atoms with E-state index in [1.54, 1.807) is 102 Å². The Labute approximate surface area is 253 Å². The minimum absolute atomic E-state index is 0. The molecule has 0 saturated heterocycles. The third-order valence-electron chi connectivity index (χ3n) is 5.39. The summed E-state index contributed by atoms with van der Waals surface area (Å²) in [5.74, 6) is -1.51. The molecule has 0 aliphatic carbocycles. The standard InChI is InChI=1S/C28H28N2O6.CH4BOP2.CH4/c1-27(2,3)35-25(33)29-21(17-13-9-7-10-14-17)19-20(23(29)31)22(18-15-11-8-12-16-18)30(24(19)32)26(34)36-28(4,5)6;3-2-1-5-4;/h7-16H,1-6H3;1,5H,4H2;1H4/q;-1;/i;1D;. The number of nitrogens with zero attached hydrogens (tertiary/aromatic N) is 2. The molecular weight excluding hydrogens is 573 g/mol. The molecule has 0 radical (unpaired) electrons. The van der Waals surface area contributed by atoms with Crippen LogP contribution in [-0.4, -0.2) is 52.2 Å². The van der Waals surface area contributed by atoms with Gasteiger partial charge in [-0.25, -0.2) is 19.4 Å². The minimum atomic E-state index is -0.912. The predicted molar refractivity (Wildman–Crippen MR) is 168 cm³/mol. The van der Waals surface area contributed by atoms with Crippen LogP contribution in [0.2, 0.25) is 0 Å². The Morgan fingerprint density at radius 3 is 1.36 bits per heavy atom. The topological polar surface area (TPSA) is 110 Å². The number of carbonyl (C=O) groups excluding carboxylic acids is 4. The molecule has 0 saturated carbocycles. The van der Waals surface area contributed by atoms with E-state index in [0.717, 1.165) is 9.80 Å². The average Bonchev–Trinajstić information content (AvgIpc) is 3.39. The zero-order valence-electron chi connectivity index (χ0n) is 24.7. The quantitative estimate of drug-likeness (QED) is 0.217. The predicted octanol–water partition coefficient (Wildman–Crippen LogP) is 6.62. The van der Waals surface area contributed by atoms with Crippen molar-refractivity contribution in [1.29, 1.82) is 0 Å². The van der Waals surface area contributed by atoms with Crippen LogP contribution in [-0.2, 0) is 23.8 Å². The number of ether oxygens (including phenoxy) is 2. The van der Waals surface area contributed by atoms with Crippen molar-refractivity contribution in [2.75, 3.05) is 0 Å². The van der Waals surface area contributed by atoms with Crippen LogP contribution in [0.1, 0.15) is 61.5 Å². The van der Waals surface area contributed by atoms with E-state index in [0.29, 0.717) is 18.3 Å². The summed E-state index contributed by atoms with van der Waals surface area (Å²) in [4.78, 5) is 56.0. The van der Waals surface area contributed by atoms with Crippen LogP contribution in [0.5, 0.6) is 0 Å². The van der Waals surface area contributed by atoms with Crippen LogP contribution in [0.25, 0.3) is 11.4 Å². The van der Waals surface area contributed by atoms with Gasteiger partial charge in [-0.1, -0.05) is 68.1 Å². The van der Waals surface area contributed by atoms with E-state index >= 15 is 0 Å². The molecule has 2 atom stereocenters. The van der Waals surface area contributed by atoms with Gasteiger partial charge in [0.1, 0.15) is 11.2 Å². The van der Waals surface area contributed by atoms with E-state index in [1.165, 1.54) is 0 Å². The van der Waals surface area contributed by atoms with E-state index in [4.69, 9.17) is 10.8 Å². The van der Waals surface area contributed by atoms with Crippen LogP contribution in [0, 0.1) is 6.04 Å². The third kappa shape index (κ3) is 7.81. The zero-order chi connectivity index (χ0) is 31.4. The molecular formula is C30H36BN2O7P2-. The zero-order valence-corrected chi connectivity index (χ0v) is 25.8. The molecule has 0 bridgehead atoms. The number of hydrogen-bond acceptors (Lipinski definition) is 7. The maximum absolute atomic E-state index is 13.9. The molecule has 2 aromatic rings. The monoisotopic (exact) mass is 610 g/mol. The van der Waals surface area contributed by atoms with E-state index in [9.17, 15) is 23.9 Å². The number of imide groups is 2. The number of rotatable bonds is 4. The Balaban J connectivity index is 0.000000837. The van der Waals surface area contributed by atoms with E-state index in [2.05, 4.69) is 8.93 Å². The second-order valence-corrected chi connectivity index (χ2v) is 12.3. The Kier molecular flexibility index (Phi) is 11.0. The fraction of sp³-hybridized carbons (Fsp3) is 0.300. The fourth-order valence-corrected chi connectivity index (χ4v) is 4.31. The summed E-state index contributed by atoms with van der Waals surface area (Å²) < 4.78 is 27.2. The van der Waals surface area contributed by atoms with Crippen LogP contribution < -0.4 is 0 Å². The molecule has 0 aromatic heterocycles. The molecule has 9 nitrogen and oxygen atoms in total. The number of hydrogen-bond donors (Lipinski definition) is 0. The molecule has 2 heterocycles. The summed E-state index contributed by atoms with van der Waals surface area (Å²) in [6, 6.07) is 17.3. The van der Waals surface area contributed by atoms with Gasteiger partial charge in [0.15, 0.2) is 0 Å². The number of amides is 4. The first-order chi connectivity index (χ1) is 19.6. The van der Waals surface area contributed by atoms with Gasteiger partial charge in [-0.2, -0.15) is 0 Å². The van der Waals surface area contributed by atoms with Crippen molar-refractivity contribution in [1.82, 2.24) is 9.80 Å². The Hall–Kier alpha value is -3.61. The molecule has 0 fully saturated rings. The van der Waals surface area contributed by atoms with Gasteiger partial charge in [0.25, 0.3) is 11.8 Å². The SMILES string of the molecule is C.CC(C)(C)OC(=O)N1C(=O)C2=C(c3ccccc3)N(C(=O)OC(C)(C)C)C(=O)C2=C1c1ccccc1.[2H][C-](B=O)PP. The van der Waals surface area contributed by atoms with Crippen LogP contribution >= 0.6 is 17.2 Å².